The molecule has 0 atom stereocenters. The van der Waals surface area contributed by atoms with Crippen LogP contribution in [-0.2, 0) is 4.79 Å². The molecule has 0 spiro atoms. The Kier molecular flexibility index (Phi) is 3.28. The molecule has 0 aromatic heterocycles. The number of carbonyl (C=O) groups excluding carboxylic acids is 2. The molecule has 0 saturated carbocycles. The number of Topliss-reactive ketones (excluding diaryl/α,β-unsaturated/α-hetero) is 1. The summed E-state index contributed by atoms with van der Waals surface area (Å²) in [5.41, 5.74) is 1.35. The molecule has 1 aliphatic heterocycles. The zero-order chi connectivity index (χ0) is 14.8. The van der Waals surface area contributed by atoms with E-state index in [1.165, 1.54) is 6.92 Å². The molecular formula is C17H12O4. The highest BCUT2D eigenvalue weighted by molar-refractivity contribution is 6.14. The van der Waals surface area contributed by atoms with E-state index < -0.39 is 5.97 Å². The van der Waals surface area contributed by atoms with Crippen LogP contribution in [0.15, 0.2) is 54.3 Å². The predicted octanol–water partition coefficient (Wildman–Crippen LogP) is 3.23. The van der Waals surface area contributed by atoms with E-state index in [4.69, 9.17) is 9.47 Å². The molecule has 0 bridgehead atoms. The molecule has 0 radical (unpaired) electrons. The highest BCUT2D eigenvalue weighted by Gasteiger charge is 2.27. The molecule has 0 unspecified atom stereocenters. The third-order valence-corrected chi connectivity index (χ3v) is 3.00. The van der Waals surface area contributed by atoms with Gasteiger partial charge in [-0.2, -0.15) is 0 Å². The van der Waals surface area contributed by atoms with Crippen LogP contribution in [0, 0.1) is 0 Å². The van der Waals surface area contributed by atoms with E-state index in [1.807, 2.05) is 30.3 Å². The fourth-order valence-electron chi connectivity index (χ4n) is 2.10. The van der Waals surface area contributed by atoms with Crippen molar-refractivity contribution in [3.63, 3.8) is 0 Å². The number of ketones is 1. The molecule has 21 heavy (non-hydrogen) atoms. The highest BCUT2D eigenvalue weighted by atomic mass is 16.5. The zero-order valence-corrected chi connectivity index (χ0v) is 11.3. The Balaban J connectivity index is 1.91. The molecule has 104 valence electrons. The Morgan fingerprint density at radius 1 is 1.14 bits per heavy atom. The second-order valence-corrected chi connectivity index (χ2v) is 4.60. The molecule has 4 nitrogen and oxygen atoms in total. The lowest BCUT2D eigenvalue weighted by atomic mass is 10.1. The van der Waals surface area contributed by atoms with Crippen LogP contribution in [0.1, 0.15) is 22.8 Å². The van der Waals surface area contributed by atoms with E-state index >= 15 is 0 Å². The van der Waals surface area contributed by atoms with Crippen LogP contribution in [0.2, 0.25) is 0 Å². The molecule has 0 aliphatic carbocycles. The van der Waals surface area contributed by atoms with Gasteiger partial charge in [0.05, 0.1) is 5.56 Å². The van der Waals surface area contributed by atoms with Crippen molar-refractivity contribution in [1.29, 1.82) is 0 Å². The third-order valence-electron chi connectivity index (χ3n) is 3.00. The first-order valence-corrected chi connectivity index (χ1v) is 6.45. The van der Waals surface area contributed by atoms with Crippen LogP contribution in [-0.4, -0.2) is 11.8 Å². The molecular weight excluding hydrogens is 268 g/mol. The van der Waals surface area contributed by atoms with E-state index in [0.717, 1.165) is 5.56 Å². The SMILES string of the molecule is CC(=O)Oc1ccc2c(c1)O/C(=C\c1ccccc1)C2=O. The molecule has 0 saturated heterocycles. The summed E-state index contributed by atoms with van der Waals surface area (Å²) in [4.78, 5) is 23.2. The summed E-state index contributed by atoms with van der Waals surface area (Å²) in [6, 6.07) is 14.2. The Bertz CT molecular complexity index is 745. The zero-order valence-electron chi connectivity index (χ0n) is 11.3. The summed E-state index contributed by atoms with van der Waals surface area (Å²) >= 11 is 0. The standard InChI is InChI=1S/C17H12O4/c1-11(18)20-13-7-8-14-15(10-13)21-16(17(14)19)9-12-5-3-2-4-6-12/h2-10H,1H3/b16-9-. The molecule has 0 amide bonds. The Hall–Kier alpha value is -2.88. The number of hydrogen-bond acceptors (Lipinski definition) is 4. The van der Waals surface area contributed by atoms with E-state index in [2.05, 4.69) is 0 Å². The van der Waals surface area contributed by atoms with Gasteiger partial charge in [-0.3, -0.25) is 9.59 Å². The van der Waals surface area contributed by atoms with Crippen LogP contribution in [0.4, 0.5) is 0 Å². The van der Waals surface area contributed by atoms with Crippen molar-refractivity contribution in [2.45, 2.75) is 6.92 Å². The van der Waals surface area contributed by atoms with Crippen molar-refractivity contribution < 1.29 is 19.1 Å². The first-order valence-electron chi connectivity index (χ1n) is 6.45. The first kappa shape index (κ1) is 13.1. The lowest BCUT2D eigenvalue weighted by Gasteiger charge is -2.02. The predicted molar refractivity (Wildman–Crippen MR) is 77.1 cm³/mol. The van der Waals surface area contributed by atoms with Crippen molar-refractivity contribution in [2.24, 2.45) is 0 Å². The molecule has 1 aliphatic rings. The molecule has 2 aromatic rings. The van der Waals surface area contributed by atoms with Crippen LogP contribution >= 0.6 is 0 Å². The monoisotopic (exact) mass is 280 g/mol. The third kappa shape index (κ3) is 2.69. The highest BCUT2D eigenvalue weighted by Crippen LogP contribution is 2.34. The van der Waals surface area contributed by atoms with Crippen LogP contribution in [0.5, 0.6) is 11.5 Å². The molecule has 3 rings (SSSR count). The molecule has 4 heteroatoms. The summed E-state index contributed by atoms with van der Waals surface area (Å²) in [5, 5.41) is 0. The number of hydrogen-bond donors (Lipinski definition) is 0. The quantitative estimate of drug-likeness (QED) is 0.481. The van der Waals surface area contributed by atoms with Gasteiger partial charge in [0.25, 0.3) is 0 Å². The largest absolute Gasteiger partial charge is 0.452 e. The topological polar surface area (TPSA) is 52.6 Å². The average Bonchev–Trinajstić information content (AvgIpc) is 2.75. The summed E-state index contributed by atoms with van der Waals surface area (Å²) in [7, 11) is 0. The van der Waals surface area contributed by atoms with Gasteiger partial charge in [0.1, 0.15) is 11.5 Å². The average molecular weight is 280 g/mol. The van der Waals surface area contributed by atoms with Crippen LogP contribution < -0.4 is 9.47 Å². The van der Waals surface area contributed by atoms with Gasteiger partial charge in [-0.25, -0.2) is 0 Å². The second kappa shape index (κ2) is 5.25. The van der Waals surface area contributed by atoms with Gasteiger partial charge in [-0.1, -0.05) is 30.3 Å². The van der Waals surface area contributed by atoms with Crippen molar-refractivity contribution in [3.05, 3.63) is 65.4 Å². The minimum Gasteiger partial charge on any atom is -0.452 e. The summed E-state index contributed by atoms with van der Waals surface area (Å²) in [5.74, 6) is 0.426. The molecule has 0 N–H and O–H groups in total. The number of esters is 1. The number of fused-ring (bicyclic) bond motifs is 1. The number of carbonyl (C=O) groups is 2. The van der Waals surface area contributed by atoms with Crippen LogP contribution in [0.3, 0.4) is 0 Å². The first-order chi connectivity index (χ1) is 10.1. The maximum atomic E-state index is 12.2. The van der Waals surface area contributed by atoms with E-state index in [-0.39, 0.29) is 11.5 Å². The lowest BCUT2D eigenvalue weighted by molar-refractivity contribution is -0.131. The van der Waals surface area contributed by atoms with Gasteiger partial charge in [-0.15, -0.1) is 0 Å². The van der Waals surface area contributed by atoms with Gasteiger partial charge >= 0.3 is 5.97 Å². The van der Waals surface area contributed by atoms with E-state index in [1.54, 1.807) is 24.3 Å². The maximum absolute atomic E-state index is 12.2. The molecule has 0 fully saturated rings. The van der Waals surface area contributed by atoms with Gasteiger partial charge in [0.15, 0.2) is 5.76 Å². The normalized spacial score (nSPS) is 14.7. The minimum atomic E-state index is -0.417. The van der Waals surface area contributed by atoms with Crippen molar-refractivity contribution in [3.8, 4) is 11.5 Å². The fourth-order valence-corrected chi connectivity index (χ4v) is 2.10. The summed E-state index contributed by atoms with van der Waals surface area (Å²) < 4.78 is 10.5. The van der Waals surface area contributed by atoms with E-state index in [0.29, 0.717) is 17.1 Å². The number of rotatable bonds is 2. The Morgan fingerprint density at radius 2 is 1.90 bits per heavy atom. The number of ether oxygens (including phenoxy) is 2. The smallest absolute Gasteiger partial charge is 0.308 e. The Labute approximate surface area is 121 Å². The van der Waals surface area contributed by atoms with Crippen molar-refractivity contribution >= 4 is 17.8 Å². The maximum Gasteiger partial charge on any atom is 0.308 e. The van der Waals surface area contributed by atoms with Gasteiger partial charge in [0.2, 0.25) is 5.78 Å². The minimum absolute atomic E-state index is 0.178. The summed E-state index contributed by atoms with van der Waals surface area (Å²) in [6.45, 7) is 1.32. The van der Waals surface area contributed by atoms with Crippen molar-refractivity contribution in [2.75, 3.05) is 0 Å². The Morgan fingerprint density at radius 3 is 2.62 bits per heavy atom. The van der Waals surface area contributed by atoms with E-state index in [9.17, 15) is 9.59 Å². The number of allylic oxidation sites excluding steroid dienone is 1. The molecule has 1 heterocycles. The van der Waals surface area contributed by atoms with Gasteiger partial charge in [0, 0.05) is 13.0 Å². The van der Waals surface area contributed by atoms with Gasteiger partial charge < -0.3 is 9.47 Å². The van der Waals surface area contributed by atoms with Crippen LogP contribution in [0.25, 0.3) is 6.08 Å². The van der Waals surface area contributed by atoms with Crippen molar-refractivity contribution in [1.82, 2.24) is 0 Å². The lowest BCUT2D eigenvalue weighted by Crippen LogP contribution is -2.01. The number of benzene rings is 2. The summed E-state index contributed by atoms with van der Waals surface area (Å²) in [6.07, 6.45) is 1.69. The molecule has 2 aromatic carbocycles. The van der Waals surface area contributed by atoms with Gasteiger partial charge in [-0.05, 0) is 23.8 Å². The fraction of sp³-hybridized carbons (Fsp3) is 0.0588. The second-order valence-electron chi connectivity index (χ2n) is 4.60.